The fraction of sp³-hybridized carbons (Fsp3) is 0.500. The normalized spacial score (nSPS) is 20.1. The van der Waals surface area contributed by atoms with Crippen molar-refractivity contribution >= 4 is 21.7 Å². The van der Waals surface area contributed by atoms with Gasteiger partial charge in [0, 0.05) is 24.3 Å². The van der Waals surface area contributed by atoms with Gasteiger partial charge in [-0.2, -0.15) is 4.31 Å². The Hall–Kier alpha value is -1.80. The first-order valence-electron chi connectivity index (χ1n) is 7.08. The van der Waals surface area contributed by atoms with Crippen LogP contribution in [0.2, 0.25) is 0 Å². The van der Waals surface area contributed by atoms with Crippen molar-refractivity contribution in [2.75, 3.05) is 31.8 Å². The molecular weight excluding hydrogens is 304 g/mol. The molecule has 0 amide bonds. The Morgan fingerprint density at radius 1 is 1.55 bits per heavy atom. The lowest BCUT2D eigenvalue weighted by atomic mass is 10.2. The number of nitrogens with zero attached hydrogens (tertiary/aromatic N) is 2. The lowest BCUT2D eigenvalue weighted by Crippen LogP contribution is -2.37. The largest absolute Gasteiger partial charge is 0.497 e. The van der Waals surface area contributed by atoms with Crippen LogP contribution in [0.15, 0.2) is 29.3 Å². The van der Waals surface area contributed by atoms with Gasteiger partial charge in [-0.3, -0.25) is 4.99 Å². The number of hydrogen-bond acceptors (Lipinski definition) is 4. The standard InChI is InChI=1S/C14H22N4O3S/c1-21-13-7-3-5-11(9-13)17-14(15)16-10-12-6-4-8-18(12)22(2,19)20/h3,5,7,9,12H,4,6,8,10H2,1-2H3,(H3,15,16,17)/t12-/m1/s1. The molecule has 1 atom stereocenters. The van der Waals surface area contributed by atoms with Gasteiger partial charge in [0.25, 0.3) is 0 Å². The molecule has 7 nitrogen and oxygen atoms in total. The molecular formula is C14H22N4O3S. The molecule has 22 heavy (non-hydrogen) atoms. The van der Waals surface area contributed by atoms with E-state index in [1.807, 2.05) is 18.2 Å². The number of ether oxygens (including phenoxy) is 1. The third-order valence-corrected chi connectivity index (χ3v) is 4.90. The van der Waals surface area contributed by atoms with Crippen LogP contribution in [0.5, 0.6) is 5.75 Å². The maximum absolute atomic E-state index is 11.7. The van der Waals surface area contributed by atoms with Gasteiger partial charge in [0.1, 0.15) is 5.75 Å². The van der Waals surface area contributed by atoms with Gasteiger partial charge < -0.3 is 15.8 Å². The summed E-state index contributed by atoms with van der Waals surface area (Å²) in [5, 5.41) is 2.97. The first kappa shape index (κ1) is 16.6. The number of sulfonamides is 1. The summed E-state index contributed by atoms with van der Waals surface area (Å²) >= 11 is 0. The molecule has 8 heteroatoms. The fourth-order valence-corrected chi connectivity index (χ4v) is 3.69. The third kappa shape index (κ3) is 4.35. The highest BCUT2D eigenvalue weighted by atomic mass is 32.2. The number of nitrogens with two attached hydrogens (primary N) is 1. The van der Waals surface area contributed by atoms with E-state index < -0.39 is 10.0 Å². The van der Waals surface area contributed by atoms with E-state index in [0.29, 0.717) is 13.1 Å². The minimum atomic E-state index is -3.18. The molecule has 1 saturated heterocycles. The summed E-state index contributed by atoms with van der Waals surface area (Å²) in [6, 6.07) is 7.22. The number of hydrogen-bond donors (Lipinski definition) is 2. The second-order valence-electron chi connectivity index (χ2n) is 5.25. The predicted octanol–water partition coefficient (Wildman–Crippen LogP) is 0.846. The summed E-state index contributed by atoms with van der Waals surface area (Å²) in [6.45, 7) is 0.915. The van der Waals surface area contributed by atoms with Crippen molar-refractivity contribution in [3.63, 3.8) is 0 Å². The number of rotatable bonds is 5. The highest BCUT2D eigenvalue weighted by Crippen LogP contribution is 2.20. The van der Waals surface area contributed by atoms with Crippen molar-refractivity contribution in [3.05, 3.63) is 24.3 Å². The minimum absolute atomic E-state index is 0.111. The van der Waals surface area contributed by atoms with Gasteiger partial charge in [-0.1, -0.05) is 6.07 Å². The Labute approximate surface area is 131 Å². The van der Waals surface area contributed by atoms with Gasteiger partial charge in [0.2, 0.25) is 10.0 Å². The zero-order chi connectivity index (χ0) is 16.2. The lowest BCUT2D eigenvalue weighted by Gasteiger charge is -2.20. The van der Waals surface area contributed by atoms with Crippen LogP contribution in [0.4, 0.5) is 5.69 Å². The molecule has 0 aromatic heterocycles. The van der Waals surface area contributed by atoms with Gasteiger partial charge >= 0.3 is 0 Å². The van der Waals surface area contributed by atoms with E-state index in [1.165, 1.54) is 10.6 Å². The Morgan fingerprint density at radius 2 is 2.32 bits per heavy atom. The van der Waals surface area contributed by atoms with Crippen molar-refractivity contribution in [1.29, 1.82) is 0 Å². The van der Waals surface area contributed by atoms with Gasteiger partial charge in [0.15, 0.2) is 5.96 Å². The van der Waals surface area contributed by atoms with E-state index in [9.17, 15) is 8.42 Å². The first-order valence-corrected chi connectivity index (χ1v) is 8.93. The smallest absolute Gasteiger partial charge is 0.211 e. The SMILES string of the molecule is COc1cccc(NC(N)=NC[C@H]2CCCN2S(C)(=O)=O)c1. The quantitative estimate of drug-likeness (QED) is 0.617. The number of aliphatic imine (C=N–C) groups is 1. The Bertz CT molecular complexity index is 645. The third-order valence-electron chi connectivity index (χ3n) is 3.56. The van der Waals surface area contributed by atoms with Crippen LogP contribution in [-0.4, -0.2) is 51.2 Å². The first-order chi connectivity index (χ1) is 10.4. The minimum Gasteiger partial charge on any atom is -0.497 e. The molecule has 1 aliphatic heterocycles. The van der Waals surface area contributed by atoms with Crippen LogP contribution in [0.25, 0.3) is 0 Å². The molecule has 1 fully saturated rings. The van der Waals surface area contributed by atoms with Crippen LogP contribution < -0.4 is 15.8 Å². The van der Waals surface area contributed by atoms with E-state index in [4.69, 9.17) is 10.5 Å². The average Bonchev–Trinajstić information content (AvgIpc) is 2.94. The van der Waals surface area contributed by atoms with Crippen LogP contribution in [0, 0.1) is 0 Å². The highest BCUT2D eigenvalue weighted by molar-refractivity contribution is 7.88. The maximum Gasteiger partial charge on any atom is 0.211 e. The molecule has 3 N–H and O–H groups in total. The van der Waals surface area contributed by atoms with Crippen molar-refractivity contribution in [2.45, 2.75) is 18.9 Å². The molecule has 1 heterocycles. The molecule has 0 spiro atoms. The Morgan fingerprint density at radius 3 is 3.00 bits per heavy atom. The zero-order valence-corrected chi connectivity index (χ0v) is 13.6. The van der Waals surface area contributed by atoms with E-state index in [1.54, 1.807) is 13.2 Å². The number of nitrogens with one attached hydrogen (secondary N) is 1. The zero-order valence-electron chi connectivity index (χ0n) is 12.8. The van der Waals surface area contributed by atoms with Crippen LogP contribution in [0.1, 0.15) is 12.8 Å². The molecule has 0 radical (unpaired) electrons. The average molecular weight is 326 g/mol. The maximum atomic E-state index is 11.7. The van der Waals surface area contributed by atoms with Crippen molar-refractivity contribution in [3.8, 4) is 5.75 Å². The molecule has 0 saturated carbocycles. The van der Waals surface area contributed by atoms with Crippen LogP contribution in [-0.2, 0) is 10.0 Å². The van der Waals surface area contributed by atoms with E-state index in [2.05, 4.69) is 10.3 Å². The summed E-state index contributed by atoms with van der Waals surface area (Å²) < 4.78 is 30.0. The number of benzene rings is 1. The molecule has 1 aliphatic rings. The monoisotopic (exact) mass is 326 g/mol. The molecule has 0 bridgehead atoms. The molecule has 0 unspecified atom stereocenters. The van der Waals surface area contributed by atoms with Gasteiger partial charge in [-0.05, 0) is 25.0 Å². The molecule has 0 aliphatic carbocycles. The number of anilines is 1. The predicted molar refractivity (Wildman–Crippen MR) is 87.7 cm³/mol. The van der Waals surface area contributed by atoms with Crippen molar-refractivity contribution in [2.24, 2.45) is 10.7 Å². The second kappa shape index (κ2) is 6.97. The summed E-state index contributed by atoms with van der Waals surface area (Å²) in [5.74, 6) is 0.977. The molecule has 2 rings (SSSR count). The van der Waals surface area contributed by atoms with E-state index >= 15 is 0 Å². The highest BCUT2D eigenvalue weighted by Gasteiger charge is 2.30. The van der Waals surface area contributed by atoms with Gasteiger partial charge in [-0.25, -0.2) is 8.42 Å². The van der Waals surface area contributed by atoms with Gasteiger partial charge in [0.05, 0.1) is 19.9 Å². The summed E-state index contributed by atoms with van der Waals surface area (Å²) in [7, 11) is -1.59. The number of guanidine groups is 1. The lowest BCUT2D eigenvalue weighted by molar-refractivity contribution is 0.397. The summed E-state index contributed by atoms with van der Waals surface area (Å²) in [6.07, 6.45) is 2.90. The molecule has 1 aromatic carbocycles. The second-order valence-corrected chi connectivity index (χ2v) is 7.19. The Kier molecular flexibility index (Phi) is 5.25. The summed E-state index contributed by atoms with van der Waals surface area (Å²) in [4.78, 5) is 4.26. The van der Waals surface area contributed by atoms with E-state index in [0.717, 1.165) is 24.3 Å². The number of methoxy groups -OCH3 is 1. The van der Waals surface area contributed by atoms with Crippen LogP contribution in [0.3, 0.4) is 0 Å². The van der Waals surface area contributed by atoms with Crippen molar-refractivity contribution in [1.82, 2.24) is 4.31 Å². The summed E-state index contributed by atoms with van der Waals surface area (Å²) in [5.41, 5.74) is 6.63. The van der Waals surface area contributed by atoms with Crippen LogP contribution >= 0.6 is 0 Å². The molecule has 122 valence electrons. The molecule has 1 aromatic rings. The van der Waals surface area contributed by atoms with E-state index in [-0.39, 0.29) is 12.0 Å². The fourth-order valence-electron chi connectivity index (χ4n) is 2.52. The topological polar surface area (TPSA) is 97.0 Å². The Balaban J connectivity index is 1.97. The van der Waals surface area contributed by atoms with Gasteiger partial charge in [-0.15, -0.1) is 0 Å². The van der Waals surface area contributed by atoms with Crippen molar-refractivity contribution < 1.29 is 13.2 Å².